The van der Waals surface area contributed by atoms with E-state index >= 15 is 0 Å². The van der Waals surface area contributed by atoms with Gasteiger partial charge in [0.15, 0.2) is 0 Å². The van der Waals surface area contributed by atoms with Crippen molar-refractivity contribution >= 4 is 0 Å². The Kier molecular flexibility index (Phi) is 3.52. The Labute approximate surface area is 127 Å². The third-order valence-corrected chi connectivity index (χ3v) is 5.90. The Balaban J connectivity index is 2.45. The molecule has 22 heavy (non-hydrogen) atoms. The number of halogens is 5. The van der Waals surface area contributed by atoms with E-state index in [1.54, 1.807) is 26.0 Å². The summed E-state index contributed by atoms with van der Waals surface area (Å²) in [4.78, 5) is 0. The van der Waals surface area contributed by atoms with E-state index in [4.69, 9.17) is 4.74 Å². The molecule has 2 aliphatic rings. The molecule has 0 aromatic carbocycles. The molecule has 1 aliphatic heterocycles. The van der Waals surface area contributed by atoms with Gasteiger partial charge in [-0.2, -0.15) is 22.0 Å². The molecule has 2 atom stereocenters. The van der Waals surface area contributed by atoms with Gasteiger partial charge in [0, 0.05) is 11.3 Å². The second-order valence-electron chi connectivity index (χ2n) is 7.49. The minimum atomic E-state index is -5.58. The smallest absolute Gasteiger partial charge is 0.453 e. The first kappa shape index (κ1) is 17.3. The second-order valence-corrected chi connectivity index (χ2v) is 7.49. The number of hydrogen-bond donors (Lipinski definition) is 0. The van der Waals surface area contributed by atoms with E-state index in [2.05, 4.69) is 0 Å². The molecule has 0 saturated carbocycles. The lowest BCUT2D eigenvalue weighted by Gasteiger charge is -2.60. The molecule has 126 valence electrons. The fraction of sp³-hybridized carbons (Fsp3) is 0.750. The Bertz CT molecular complexity index is 527. The number of alkyl halides is 5. The normalized spacial score (nSPS) is 33.2. The molecular weight excluding hydrogens is 303 g/mol. The van der Waals surface area contributed by atoms with Crippen LogP contribution in [0.2, 0.25) is 0 Å². The Morgan fingerprint density at radius 1 is 1.05 bits per heavy atom. The summed E-state index contributed by atoms with van der Waals surface area (Å²) in [6.45, 7) is 8.51. The summed E-state index contributed by atoms with van der Waals surface area (Å²) in [6.07, 6.45) is -1.68. The van der Waals surface area contributed by atoms with E-state index in [0.717, 1.165) is 0 Å². The molecule has 0 N–H and O–H groups in total. The van der Waals surface area contributed by atoms with Crippen LogP contribution < -0.4 is 0 Å². The van der Waals surface area contributed by atoms with Crippen LogP contribution >= 0.6 is 0 Å². The Morgan fingerprint density at radius 2 is 1.59 bits per heavy atom. The number of ether oxygens (including phenoxy) is 1. The van der Waals surface area contributed by atoms with Crippen molar-refractivity contribution < 1.29 is 26.7 Å². The molecule has 0 radical (unpaired) electrons. The zero-order valence-electron chi connectivity index (χ0n) is 13.3. The predicted molar refractivity (Wildman–Crippen MR) is 73.4 cm³/mol. The third kappa shape index (κ3) is 2.17. The molecule has 0 bridgehead atoms. The van der Waals surface area contributed by atoms with Crippen LogP contribution in [-0.4, -0.2) is 17.7 Å². The van der Waals surface area contributed by atoms with Crippen LogP contribution in [0.4, 0.5) is 22.0 Å². The van der Waals surface area contributed by atoms with Crippen LogP contribution in [0.1, 0.15) is 41.0 Å². The van der Waals surface area contributed by atoms with Gasteiger partial charge < -0.3 is 4.74 Å². The van der Waals surface area contributed by atoms with Crippen molar-refractivity contribution in [1.29, 1.82) is 0 Å². The Morgan fingerprint density at radius 3 is 2.09 bits per heavy atom. The van der Waals surface area contributed by atoms with Crippen molar-refractivity contribution in [2.24, 2.45) is 16.7 Å². The van der Waals surface area contributed by atoms with E-state index in [0.29, 0.717) is 5.76 Å². The van der Waals surface area contributed by atoms with E-state index < -0.39 is 35.0 Å². The lowest BCUT2D eigenvalue weighted by atomic mass is 9.52. The summed E-state index contributed by atoms with van der Waals surface area (Å²) in [5.41, 5.74) is -3.06. The number of hydrogen-bond acceptors (Lipinski definition) is 1. The maximum atomic E-state index is 13.7. The van der Waals surface area contributed by atoms with Crippen molar-refractivity contribution in [3.63, 3.8) is 0 Å². The lowest BCUT2D eigenvalue weighted by molar-refractivity contribution is -0.312. The van der Waals surface area contributed by atoms with E-state index in [9.17, 15) is 22.0 Å². The lowest BCUT2D eigenvalue weighted by Crippen LogP contribution is -2.61. The van der Waals surface area contributed by atoms with Gasteiger partial charge in [-0.15, -0.1) is 0 Å². The number of rotatable bonds is 2. The number of allylic oxidation sites excluding steroid dienone is 3. The van der Waals surface area contributed by atoms with Crippen LogP contribution in [0.15, 0.2) is 24.0 Å². The minimum absolute atomic E-state index is 0.116. The molecule has 0 aromatic rings. The van der Waals surface area contributed by atoms with Crippen molar-refractivity contribution in [3.8, 4) is 0 Å². The first-order valence-electron chi connectivity index (χ1n) is 7.18. The largest absolute Gasteiger partial charge is 0.490 e. The van der Waals surface area contributed by atoms with Gasteiger partial charge >= 0.3 is 12.1 Å². The first-order chi connectivity index (χ1) is 9.66. The molecule has 1 heterocycles. The summed E-state index contributed by atoms with van der Waals surface area (Å²) in [5, 5.41) is 0. The first-order valence-corrected chi connectivity index (χ1v) is 7.18. The Hall–Kier alpha value is -1.07. The molecule has 1 fully saturated rings. The van der Waals surface area contributed by atoms with E-state index in [1.807, 2.05) is 19.9 Å². The third-order valence-electron chi connectivity index (χ3n) is 5.90. The van der Waals surface area contributed by atoms with Gasteiger partial charge in [-0.3, -0.25) is 0 Å². The molecule has 0 spiro atoms. The average molecular weight is 324 g/mol. The summed E-state index contributed by atoms with van der Waals surface area (Å²) >= 11 is 0. The zero-order valence-corrected chi connectivity index (χ0v) is 13.3. The highest BCUT2D eigenvalue weighted by molar-refractivity contribution is 5.31. The zero-order chi connectivity index (χ0) is 17.2. The highest BCUT2D eigenvalue weighted by atomic mass is 19.4. The van der Waals surface area contributed by atoms with Crippen LogP contribution in [0.5, 0.6) is 0 Å². The fourth-order valence-corrected chi connectivity index (χ4v) is 3.39. The van der Waals surface area contributed by atoms with Crippen LogP contribution in [-0.2, 0) is 4.74 Å². The summed E-state index contributed by atoms with van der Waals surface area (Å²) < 4.78 is 70.9. The predicted octanol–water partition coefficient (Wildman–Crippen LogP) is 5.49. The minimum Gasteiger partial charge on any atom is -0.490 e. The van der Waals surface area contributed by atoms with Gasteiger partial charge in [-0.05, 0) is 18.4 Å². The molecule has 1 nitrogen and oxygen atoms in total. The molecule has 2 unspecified atom stereocenters. The maximum Gasteiger partial charge on any atom is 0.453 e. The van der Waals surface area contributed by atoms with Crippen LogP contribution in [0, 0.1) is 16.7 Å². The fourth-order valence-electron chi connectivity index (χ4n) is 3.39. The average Bonchev–Trinajstić information content (AvgIpc) is 2.73. The molecule has 1 saturated heterocycles. The van der Waals surface area contributed by atoms with E-state index in [-0.39, 0.29) is 5.92 Å². The van der Waals surface area contributed by atoms with Gasteiger partial charge in [-0.25, -0.2) is 0 Å². The van der Waals surface area contributed by atoms with Gasteiger partial charge in [0.25, 0.3) is 0 Å². The molecular formula is C16H21F5O. The quantitative estimate of drug-likeness (QED) is 0.611. The number of fused-ring (bicyclic) bond motifs is 1. The van der Waals surface area contributed by atoms with Crippen molar-refractivity contribution in [3.05, 3.63) is 24.0 Å². The van der Waals surface area contributed by atoms with Gasteiger partial charge in [0.05, 0.1) is 6.42 Å². The standard InChI is InChI=1S/C16H21F5O/c1-12(2)10-7-6-8-11(10)22-14(5,13(12,3)4)9-15(17,18)16(19,20)21/h6-8,10H,9H2,1-5H3. The van der Waals surface area contributed by atoms with Crippen molar-refractivity contribution in [2.45, 2.75) is 58.7 Å². The molecule has 0 amide bonds. The van der Waals surface area contributed by atoms with Crippen molar-refractivity contribution in [2.75, 3.05) is 0 Å². The SMILES string of the molecule is CC1(CC(F)(F)C(F)(F)F)OC2=CC=CC2C(C)(C)C1(C)C. The highest BCUT2D eigenvalue weighted by Gasteiger charge is 2.67. The summed E-state index contributed by atoms with van der Waals surface area (Å²) in [5.74, 6) is -4.45. The van der Waals surface area contributed by atoms with E-state index in [1.165, 1.54) is 6.92 Å². The summed E-state index contributed by atoms with van der Waals surface area (Å²) in [7, 11) is 0. The molecule has 0 aromatic heterocycles. The monoisotopic (exact) mass is 324 g/mol. The van der Waals surface area contributed by atoms with Gasteiger partial charge in [0.2, 0.25) is 0 Å². The summed E-state index contributed by atoms with van der Waals surface area (Å²) in [6, 6.07) is 0. The van der Waals surface area contributed by atoms with Crippen LogP contribution in [0.25, 0.3) is 0 Å². The van der Waals surface area contributed by atoms with Gasteiger partial charge in [-0.1, -0.05) is 39.8 Å². The van der Waals surface area contributed by atoms with Crippen molar-refractivity contribution in [1.82, 2.24) is 0 Å². The molecule has 6 heteroatoms. The molecule has 2 rings (SSSR count). The topological polar surface area (TPSA) is 9.23 Å². The molecule has 1 aliphatic carbocycles. The maximum absolute atomic E-state index is 13.7. The van der Waals surface area contributed by atoms with Crippen LogP contribution in [0.3, 0.4) is 0 Å². The second kappa shape index (κ2) is 4.48. The van der Waals surface area contributed by atoms with Gasteiger partial charge in [0.1, 0.15) is 11.4 Å². The highest BCUT2D eigenvalue weighted by Crippen LogP contribution is 2.63.